The highest BCUT2D eigenvalue weighted by Gasteiger charge is 2.23. The van der Waals surface area contributed by atoms with E-state index in [-0.39, 0.29) is 5.16 Å². The van der Waals surface area contributed by atoms with Crippen LogP contribution in [0, 0.1) is 0 Å². The minimum atomic E-state index is -3.91. The van der Waals surface area contributed by atoms with E-state index in [0.717, 1.165) is 6.42 Å². The predicted octanol–water partition coefficient (Wildman–Crippen LogP) is 1.02. The molecule has 9 heteroatoms. The molecule has 2 rings (SSSR count). The van der Waals surface area contributed by atoms with E-state index >= 15 is 0 Å². The van der Waals surface area contributed by atoms with E-state index in [9.17, 15) is 8.42 Å². The van der Waals surface area contributed by atoms with Crippen LogP contribution in [-0.4, -0.2) is 32.7 Å². The molecule has 0 radical (unpaired) electrons. The van der Waals surface area contributed by atoms with Gasteiger partial charge in [0.15, 0.2) is 5.82 Å². The summed E-state index contributed by atoms with van der Waals surface area (Å²) in [6.07, 6.45) is 4.08. The summed E-state index contributed by atoms with van der Waals surface area (Å²) >= 11 is 0. The third kappa shape index (κ3) is 2.39. The lowest BCUT2D eigenvalue weighted by atomic mass is 10.4. The molecule has 0 bridgehead atoms. The lowest BCUT2D eigenvalue weighted by Crippen LogP contribution is -2.07. The van der Waals surface area contributed by atoms with E-state index in [2.05, 4.69) is 15.2 Å². The zero-order valence-electron chi connectivity index (χ0n) is 9.91. The molecule has 18 heavy (non-hydrogen) atoms. The van der Waals surface area contributed by atoms with Crippen LogP contribution in [0.1, 0.15) is 13.3 Å². The van der Waals surface area contributed by atoms with Gasteiger partial charge in [-0.15, -0.1) is 10.2 Å². The van der Waals surface area contributed by atoms with Crippen molar-refractivity contribution in [3.63, 3.8) is 0 Å². The Bertz CT molecular complexity index is 660. The lowest BCUT2D eigenvalue weighted by Gasteiger charge is -2.05. The number of hydrogen-bond donors (Lipinski definition) is 0. The number of halogens is 1. The zero-order valence-corrected chi connectivity index (χ0v) is 11.5. The molecular formula is C9H12ClN5O2S. The average Bonchev–Trinajstić information content (AvgIpc) is 2.83. The molecule has 98 valence electrons. The SMILES string of the molecule is CCCn1c(-c2cn(C)cn2)nnc1S(=O)(=O)Cl. The van der Waals surface area contributed by atoms with Crippen molar-refractivity contribution in [2.75, 3.05) is 0 Å². The number of aromatic nitrogens is 5. The summed E-state index contributed by atoms with van der Waals surface area (Å²) in [6.45, 7) is 2.38. The van der Waals surface area contributed by atoms with Crippen molar-refractivity contribution in [1.82, 2.24) is 24.3 Å². The summed E-state index contributed by atoms with van der Waals surface area (Å²) in [6, 6.07) is 0. The summed E-state index contributed by atoms with van der Waals surface area (Å²) < 4.78 is 26.0. The number of aryl methyl sites for hydroxylation is 1. The number of nitrogens with zero attached hydrogens (tertiary/aromatic N) is 5. The Balaban J connectivity index is 2.59. The fraction of sp³-hybridized carbons (Fsp3) is 0.444. The van der Waals surface area contributed by atoms with E-state index in [1.807, 2.05) is 14.0 Å². The normalized spacial score (nSPS) is 11.9. The summed E-state index contributed by atoms with van der Waals surface area (Å²) in [4.78, 5) is 4.13. The first-order valence-corrected chi connectivity index (χ1v) is 7.60. The molecule has 0 aliphatic carbocycles. The fourth-order valence-electron chi connectivity index (χ4n) is 1.61. The van der Waals surface area contributed by atoms with Crippen LogP contribution < -0.4 is 0 Å². The van der Waals surface area contributed by atoms with Gasteiger partial charge >= 0.3 is 0 Å². The van der Waals surface area contributed by atoms with Crippen LogP contribution in [-0.2, 0) is 22.6 Å². The third-order valence-corrected chi connectivity index (χ3v) is 3.47. The maximum atomic E-state index is 11.4. The van der Waals surface area contributed by atoms with Gasteiger partial charge in [0.05, 0.1) is 6.33 Å². The van der Waals surface area contributed by atoms with Crippen molar-refractivity contribution in [2.45, 2.75) is 25.0 Å². The molecule has 2 aromatic heterocycles. The van der Waals surface area contributed by atoms with Crippen LogP contribution in [0.3, 0.4) is 0 Å². The number of imidazole rings is 1. The Morgan fingerprint density at radius 2 is 2.11 bits per heavy atom. The van der Waals surface area contributed by atoms with E-state index < -0.39 is 9.05 Å². The molecule has 0 amide bonds. The van der Waals surface area contributed by atoms with Crippen molar-refractivity contribution in [2.24, 2.45) is 7.05 Å². The van der Waals surface area contributed by atoms with Crippen molar-refractivity contribution in [3.8, 4) is 11.5 Å². The maximum Gasteiger partial charge on any atom is 0.296 e. The highest BCUT2D eigenvalue weighted by Crippen LogP contribution is 2.21. The number of rotatable bonds is 4. The summed E-state index contributed by atoms with van der Waals surface area (Å²) in [5.41, 5.74) is 0.560. The molecule has 0 spiro atoms. The third-order valence-electron chi connectivity index (χ3n) is 2.32. The van der Waals surface area contributed by atoms with Gasteiger partial charge in [-0.2, -0.15) is 0 Å². The predicted molar refractivity (Wildman–Crippen MR) is 65.6 cm³/mol. The van der Waals surface area contributed by atoms with Crippen LogP contribution in [0.15, 0.2) is 17.7 Å². The van der Waals surface area contributed by atoms with Crippen molar-refractivity contribution in [3.05, 3.63) is 12.5 Å². The van der Waals surface area contributed by atoms with Gasteiger partial charge in [-0.25, -0.2) is 13.4 Å². The molecular weight excluding hydrogens is 278 g/mol. The molecule has 0 aliphatic heterocycles. The first kappa shape index (κ1) is 13.0. The van der Waals surface area contributed by atoms with Crippen molar-refractivity contribution in [1.29, 1.82) is 0 Å². The Kier molecular flexibility index (Phi) is 3.40. The number of hydrogen-bond acceptors (Lipinski definition) is 5. The first-order valence-electron chi connectivity index (χ1n) is 5.29. The minimum absolute atomic E-state index is 0.244. The summed E-state index contributed by atoms with van der Waals surface area (Å²) in [5, 5.41) is 7.25. The smallest absolute Gasteiger partial charge is 0.296 e. The molecule has 0 saturated carbocycles. The monoisotopic (exact) mass is 289 g/mol. The standard InChI is InChI=1S/C9H12ClN5O2S/c1-3-4-15-8(7-5-14(2)6-11-7)12-13-9(15)18(10,16)17/h5-6H,3-4H2,1-2H3. The second-order valence-electron chi connectivity index (χ2n) is 3.82. The summed E-state index contributed by atoms with van der Waals surface area (Å²) in [7, 11) is 3.24. The van der Waals surface area contributed by atoms with Gasteiger partial charge in [0.1, 0.15) is 5.69 Å². The van der Waals surface area contributed by atoms with Gasteiger partial charge in [-0.1, -0.05) is 6.92 Å². The Labute approximate surface area is 109 Å². The summed E-state index contributed by atoms with van der Waals surface area (Å²) in [5.74, 6) is 0.400. The van der Waals surface area contributed by atoms with Gasteiger partial charge in [-0.05, 0) is 6.42 Å². The molecule has 0 aliphatic rings. The van der Waals surface area contributed by atoms with E-state index in [4.69, 9.17) is 10.7 Å². The maximum absolute atomic E-state index is 11.4. The Morgan fingerprint density at radius 1 is 1.39 bits per heavy atom. The lowest BCUT2D eigenvalue weighted by molar-refractivity contribution is 0.569. The molecule has 0 aromatic carbocycles. The Hall–Kier alpha value is -1.41. The first-order chi connectivity index (χ1) is 8.43. The second-order valence-corrected chi connectivity index (χ2v) is 6.28. The largest absolute Gasteiger partial charge is 0.340 e. The topological polar surface area (TPSA) is 82.7 Å². The molecule has 0 atom stereocenters. The van der Waals surface area contributed by atoms with Gasteiger partial charge in [0.2, 0.25) is 0 Å². The van der Waals surface area contributed by atoms with Crippen molar-refractivity contribution < 1.29 is 8.42 Å². The molecule has 0 fully saturated rings. The van der Waals surface area contributed by atoms with Crippen molar-refractivity contribution >= 4 is 19.7 Å². The van der Waals surface area contributed by atoms with Crippen LogP contribution in [0.4, 0.5) is 0 Å². The molecule has 2 heterocycles. The molecule has 0 unspecified atom stereocenters. The molecule has 0 N–H and O–H groups in total. The van der Waals surface area contributed by atoms with Crippen LogP contribution in [0.2, 0.25) is 0 Å². The second kappa shape index (κ2) is 4.69. The fourth-order valence-corrected chi connectivity index (χ4v) is 2.53. The highest BCUT2D eigenvalue weighted by atomic mass is 35.7. The van der Waals surface area contributed by atoms with Gasteiger partial charge in [-0.3, -0.25) is 4.57 Å². The quantitative estimate of drug-likeness (QED) is 0.785. The van der Waals surface area contributed by atoms with E-state index in [1.54, 1.807) is 17.1 Å². The minimum Gasteiger partial charge on any atom is -0.340 e. The van der Waals surface area contributed by atoms with Gasteiger partial charge in [0, 0.05) is 30.5 Å². The van der Waals surface area contributed by atoms with Crippen LogP contribution >= 0.6 is 10.7 Å². The Morgan fingerprint density at radius 3 is 2.61 bits per heavy atom. The van der Waals surface area contributed by atoms with E-state index in [1.165, 1.54) is 4.57 Å². The van der Waals surface area contributed by atoms with E-state index in [0.29, 0.717) is 18.1 Å². The van der Waals surface area contributed by atoms with Gasteiger partial charge < -0.3 is 4.57 Å². The average molecular weight is 290 g/mol. The van der Waals surface area contributed by atoms with Gasteiger partial charge in [0.25, 0.3) is 14.2 Å². The zero-order chi connectivity index (χ0) is 13.3. The van der Waals surface area contributed by atoms with Crippen LogP contribution in [0.25, 0.3) is 11.5 Å². The molecule has 7 nitrogen and oxygen atoms in total. The van der Waals surface area contributed by atoms with Crippen LogP contribution in [0.5, 0.6) is 0 Å². The molecule has 2 aromatic rings. The highest BCUT2D eigenvalue weighted by molar-refractivity contribution is 8.13. The molecule has 0 saturated heterocycles.